The first-order chi connectivity index (χ1) is 12.0. The minimum absolute atomic E-state index is 0.0491. The summed E-state index contributed by atoms with van der Waals surface area (Å²) in [5, 5.41) is 10.7. The predicted molar refractivity (Wildman–Crippen MR) is 97.8 cm³/mol. The van der Waals surface area contributed by atoms with Crippen molar-refractivity contribution in [2.75, 3.05) is 6.54 Å². The summed E-state index contributed by atoms with van der Waals surface area (Å²) >= 11 is 0. The normalized spacial score (nSPS) is 17.1. The van der Waals surface area contributed by atoms with Crippen LogP contribution in [-0.4, -0.2) is 31.6 Å². The van der Waals surface area contributed by atoms with E-state index in [4.69, 9.17) is 0 Å². The van der Waals surface area contributed by atoms with E-state index in [1.165, 1.54) is 5.69 Å². The number of nitrogens with zero attached hydrogens (tertiary/aromatic N) is 3. The van der Waals surface area contributed by atoms with Gasteiger partial charge in [0.2, 0.25) is 0 Å². The van der Waals surface area contributed by atoms with Gasteiger partial charge in [0.25, 0.3) is 5.91 Å². The second-order valence-corrected chi connectivity index (χ2v) is 6.77. The van der Waals surface area contributed by atoms with Crippen LogP contribution in [-0.2, 0) is 13.6 Å². The van der Waals surface area contributed by atoms with Gasteiger partial charge < -0.3 is 19.1 Å². The van der Waals surface area contributed by atoms with Crippen LogP contribution < -0.4 is 0 Å². The van der Waals surface area contributed by atoms with Gasteiger partial charge in [-0.05, 0) is 43.7 Å². The summed E-state index contributed by atoms with van der Waals surface area (Å²) in [7, 11) is 1.96. The number of rotatable bonds is 2. The van der Waals surface area contributed by atoms with E-state index in [0.29, 0.717) is 12.1 Å². The van der Waals surface area contributed by atoms with Crippen LogP contribution in [0.2, 0.25) is 0 Å². The first kappa shape index (κ1) is 15.8. The summed E-state index contributed by atoms with van der Waals surface area (Å²) in [6.45, 7) is 5.61. The predicted octanol–water partition coefficient (Wildman–Crippen LogP) is 3.60. The van der Waals surface area contributed by atoms with Gasteiger partial charge in [0, 0.05) is 48.6 Å². The molecule has 2 aromatic heterocycles. The number of hydrogen-bond acceptors (Lipinski definition) is 2. The van der Waals surface area contributed by atoms with Crippen molar-refractivity contribution in [2.45, 2.75) is 32.9 Å². The Morgan fingerprint density at radius 3 is 2.84 bits per heavy atom. The summed E-state index contributed by atoms with van der Waals surface area (Å²) in [6, 6.07) is 9.47. The van der Waals surface area contributed by atoms with Crippen LogP contribution in [0, 0.1) is 6.92 Å². The number of fused-ring (bicyclic) bond motifs is 2. The smallest absolute Gasteiger partial charge is 0.256 e. The fraction of sp³-hybridized carbons (Fsp3) is 0.350. The van der Waals surface area contributed by atoms with Gasteiger partial charge in [0.1, 0.15) is 5.75 Å². The Balaban J connectivity index is 1.83. The lowest BCUT2D eigenvalue weighted by Crippen LogP contribution is -2.41. The topological polar surface area (TPSA) is 50.4 Å². The van der Waals surface area contributed by atoms with Crippen LogP contribution in [0.3, 0.4) is 0 Å². The number of amides is 1. The zero-order valence-electron chi connectivity index (χ0n) is 14.9. The minimum atomic E-state index is 0.0491. The molecule has 0 bridgehead atoms. The molecule has 1 aliphatic rings. The van der Waals surface area contributed by atoms with Crippen molar-refractivity contribution >= 4 is 16.8 Å². The van der Waals surface area contributed by atoms with Crippen LogP contribution in [0.15, 0.2) is 36.5 Å². The largest absolute Gasteiger partial charge is 0.508 e. The molecule has 1 amide bonds. The highest BCUT2D eigenvalue weighted by Crippen LogP contribution is 2.34. The van der Waals surface area contributed by atoms with E-state index >= 15 is 0 Å². The van der Waals surface area contributed by atoms with Crippen LogP contribution in [0.25, 0.3) is 10.9 Å². The monoisotopic (exact) mass is 337 g/mol. The van der Waals surface area contributed by atoms with Crippen molar-refractivity contribution in [3.8, 4) is 5.75 Å². The molecule has 1 aromatic carbocycles. The highest BCUT2D eigenvalue weighted by molar-refractivity contribution is 6.09. The maximum absolute atomic E-state index is 13.5. The van der Waals surface area contributed by atoms with Crippen LogP contribution in [0.4, 0.5) is 0 Å². The highest BCUT2D eigenvalue weighted by atomic mass is 16.3. The standard InChI is InChI=1S/C20H23N3O2/c1-4-16-18-6-5-9-22(18)10-11-23(16)20(25)19-13(2)21(3)17-8-7-14(24)12-15(17)19/h5-9,12,16,24H,4,10-11H2,1-3H3/t16-/m0/s1. The molecule has 0 aliphatic carbocycles. The first-order valence-corrected chi connectivity index (χ1v) is 8.77. The Bertz CT molecular complexity index is 967. The maximum atomic E-state index is 13.5. The summed E-state index contributed by atoms with van der Waals surface area (Å²) in [4.78, 5) is 15.5. The zero-order chi connectivity index (χ0) is 17.7. The van der Waals surface area contributed by atoms with Crippen LogP contribution in [0.1, 0.15) is 41.1 Å². The number of phenols is 1. The lowest BCUT2D eigenvalue weighted by molar-refractivity contribution is 0.0619. The van der Waals surface area contributed by atoms with Gasteiger partial charge in [0.15, 0.2) is 0 Å². The molecular weight excluding hydrogens is 314 g/mol. The molecule has 1 atom stereocenters. The van der Waals surface area contributed by atoms with Crippen LogP contribution >= 0.6 is 0 Å². The molecule has 0 saturated carbocycles. The summed E-state index contributed by atoms with van der Waals surface area (Å²) in [5.41, 5.74) is 3.79. The Kier molecular flexibility index (Phi) is 3.60. The van der Waals surface area contributed by atoms with E-state index in [9.17, 15) is 9.90 Å². The molecule has 5 heteroatoms. The molecule has 3 heterocycles. The van der Waals surface area contributed by atoms with Gasteiger partial charge in [-0.15, -0.1) is 0 Å². The molecule has 25 heavy (non-hydrogen) atoms. The van der Waals surface area contributed by atoms with Gasteiger partial charge in [-0.3, -0.25) is 4.79 Å². The van der Waals surface area contributed by atoms with Crippen molar-refractivity contribution < 1.29 is 9.90 Å². The van der Waals surface area contributed by atoms with Crippen LogP contribution in [0.5, 0.6) is 5.75 Å². The molecule has 0 unspecified atom stereocenters. The summed E-state index contributed by atoms with van der Waals surface area (Å²) < 4.78 is 4.26. The molecule has 130 valence electrons. The van der Waals surface area contributed by atoms with E-state index < -0.39 is 0 Å². The number of carbonyl (C=O) groups is 1. The second-order valence-electron chi connectivity index (χ2n) is 6.77. The highest BCUT2D eigenvalue weighted by Gasteiger charge is 2.32. The molecule has 0 radical (unpaired) electrons. The van der Waals surface area contributed by atoms with Crippen molar-refractivity contribution in [3.05, 3.63) is 53.5 Å². The Hall–Kier alpha value is -2.69. The first-order valence-electron chi connectivity index (χ1n) is 8.77. The zero-order valence-corrected chi connectivity index (χ0v) is 14.9. The van der Waals surface area contributed by atoms with E-state index in [1.54, 1.807) is 12.1 Å². The average molecular weight is 337 g/mol. The van der Waals surface area contributed by atoms with Gasteiger partial charge in [-0.1, -0.05) is 6.92 Å². The lowest BCUT2D eigenvalue weighted by Gasteiger charge is -2.36. The number of hydrogen-bond donors (Lipinski definition) is 1. The quantitative estimate of drug-likeness (QED) is 0.777. The molecule has 0 saturated heterocycles. The number of aromatic hydroxyl groups is 1. The molecule has 0 spiro atoms. The van der Waals surface area contributed by atoms with E-state index in [1.807, 2.05) is 35.6 Å². The Morgan fingerprint density at radius 1 is 1.28 bits per heavy atom. The molecule has 4 rings (SSSR count). The molecular formula is C20H23N3O2. The molecule has 1 aliphatic heterocycles. The minimum Gasteiger partial charge on any atom is -0.508 e. The second kappa shape index (κ2) is 5.69. The summed E-state index contributed by atoms with van der Waals surface area (Å²) in [6.07, 6.45) is 2.96. The van der Waals surface area contributed by atoms with E-state index in [-0.39, 0.29) is 17.7 Å². The fourth-order valence-electron chi connectivity index (χ4n) is 4.11. The number of phenolic OH excluding ortho intramolecular Hbond substituents is 1. The van der Waals surface area contributed by atoms with Gasteiger partial charge in [0.05, 0.1) is 11.6 Å². The maximum Gasteiger partial charge on any atom is 0.256 e. The summed E-state index contributed by atoms with van der Waals surface area (Å²) in [5.74, 6) is 0.236. The lowest BCUT2D eigenvalue weighted by atomic mass is 10.0. The number of aromatic nitrogens is 2. The van der Waals surface area contributed by atoms with Crippen molar-refractivity contribution in [2.24, 2.45) is 7.05 Å². The number of benzene rings is 1. The third-order valence-corrected chi connectivity index (χ3v) is 5.50. The van der Waals surface area contributed by atoms with Crippen molar-refractivity contribution in [1.29, 1.82) is 0 Å². The SMILES string of the molecule is CC[C@H]1c2cccn2CCN1C(=O)c1c(C)n(C)c2ccc(O)cc12. The van der Waals surface area contributed by atoms with E-state index in [0.717, 1.165) is 29.6 Å². The Labute approximate surface area is 147 Å². The van der Waals surface area contributed by atoms with Gasteiger partial charge in [-0.25, -0.2) is 0 Å². The number of aryl methyl sites for hydroxylation is 1. The number of carbonyl (C=O) groups excluding carboxylic acids is 1. The molecule has 0 fully saturated rings. The molecule has 1 N–H and O–H groups in total. The van der Waals surface area contributed by atoms with Gasteiger partial charge in [-0.2, -0.15) is 0 Å². The third kappa shape index (κ3) is 2.26. The Morgan fingerprint density at radius 2 is 2.08 bits per heavy atom. The third-order valence-electron chi connectivity index (χ3n) is 5.50. The fourth-order valence-corrected chi connectivity index (χ4v) is 4.11. The molecule has 5 nitrogen and oxygen atoms in total. The van der Waals surface area contributed by atoms with Crippen molar-refractivity contribution in [3.63, 3.8) is 0 Å². The average Bonchev–Trinajstić information content (AvgIpc) is 3.17. The van der Waals surface area contributed by atoms with E-state index in [2.05, 4.69) is 23.8 Å². The molecule has 3 aromatic rings. The van der Waals surface area contributed by atoms with Crippen molar-refractivity contribution in [1.82, 2.24) is 14.0 Å². The van der Waals surface area contributed by atoms with Gasteiger partial charge >= 0.3 is 0 Å².